The molecule has 0 aromatic carbocycles. The number of methoxy groups -OCH3 is 1. The molecule has 0 bridgehead atoms. The van der Waals surface area contributed by atoms with E-state index in [0.29, 0.717) is 38.4 Å². The molecule has 122 valence electrons. The average molecular weight is 319 g/mol. The molecule has 8 heteroatoms. The quantitative estimate of drug-likeness (QED) is 0.657. The van der Waals surface area contributed by atoms with Crippen molar-refractivity contribution in [3.05, 3.63) is 0 Å². The summed E-state index contributed by atoms with van der Waals surface area (Å²) in [4.78, 5) is 11.4. The maximum absolute atomic E-state index is 12.2. The minimum atomic E-state index is -3.42. The van der Waals surface area contributed by atoms with Crippen LogP contribution in [0.1, 0.15) is 25.7 Å². The number of carbonyl (C=O) groups is 1. The van der Waals surface area contributed by atoms with Crippen LogP contribution in [0.2, 0.25) is 0 Å². The fraction of sp³-hybridized carbons (Fsp3) is 0.923. The molecule has 0 spiro atoms. The number of esters is 1. The van der Waals surface area contributed by atoms with Gasteiger partial charge in [-0.2, -0.15) is 12.7 Å². The van der Waals surface area contributed by atoms with Crippen LogP contribution in [0.3, 0.4) is 0 Å². The van der Waals surface area contributed by atoms with Crippen LogP contribution in [0.5, 0.6) is 0 Å². The smallest absolute Gasteiger partial charge is 0.308 e. The zero-order valence-electron chi connectivity index (χ0n) is 12.5. The molecule has 1 atom stereocenters. The molecular formula is C13H25N3O4S. The van der Waals surface area contributed by atoms with Crippen LogP contribution < -0.4 is 10.0 Å². The average Bonchev–Trinajstić information content (AvgIpc) is 2.99. The fourth-order valence-electron chi connectivity index (χ4n) is 2.94. The van der Waals surface area contributed by atoms with Gasteiger partial charge in [-0.1, -0.05) is 0 Å². The first-order chi connectivity index (χ1) is 10.0. The maximum atomic E-state index is 12.2. The summed E-state index contributed by atoms with van der Waals surface area (Å²) >= 11 is 0. The van der Waals surface area contributed by atoms with Crippen molar-refractivity contribution in [3.63, 3.8) is 0 Å². The van der Waals surface area contributed by atoms with Crippen LogP contribution in [0.4, 0.5) is 0 Å². The van der Waals surface area contributed by atoms with Crippen LogP contribution in [0.25, 0.3) is 0 Å². The van der Waals surface area contributed by atoms with Gasteiger partial charge in [0.05, 0.1) is 13.0 Å². The van der Waals surface area contributed by atoms with Crippen molar-refractivity contribution >= 4 is 16.2 Å². The second kappa shape index (κ2) is 7.53. The van der Waals surface area contributed by atoms with Crippen molar-refractivity contribution in [3.8, 4) is 0 Å². The van der Waals surface area contributed by atoms with Crippen LogP contribution >= 0.6 is 0 Å². The number of nitrogens with one attached hydrogen (secondary N) is 2. The topological polar surface area (TPSA) is 87.7 Å². The van der Waals surface area contributed by atoms with Crippen molar-refractivity contribution in [1.82, 2.24) is 14.3 Å². The number of nitrogens with zero attached hydrogens (tertiary/aromatic N) is 1. The molecule has 0 radical (unpaired) electrons. The molecule has 0 aliphatic carbocycles. The van der Waals surface area contributed by atoms with Crippen molar-refractivity contribution in [1.29, 1.82) is 0 Å². The molecule has 2 aliphatic rings. The summed E-state index contributed by atoms with van der Waals surface area (Å²) in [5, 5.41) is 3.27. The minimum absolute atomic E-state index is 0.175. The van der Waals surface area contributed by atoms with Crippen molar-refractivity contribution < 1.29 is 17.9 Å². The molecule has 2 heterocycles. The zero-order chi connectivity index (χ0) is 15.3. The molecule has 0 aromatic rings. The Labute approximate surface area is 126 Å². The maximum Gasteiger partial charge on any atom is 0.308 e. The fourth-order valence-corrected chi connectivity index (χ4v) is 4.19. The van der Waals surface area contributed by atoms with Gasteiger partial charge in [0.15, 0.2) is 0 Å². The van der Waals surface area contributed by atoms with Gasteiger partial charge in [-0.15, -0.1) is 0 Å². The molecule has 7 nitrogen and oxygen atoms in total. The molecule has 0 saturated carbocycles. The van der Waals surface area contributed by atoms with Crippen LogP contribution in [0, 0.1) is 11.8 Å². The van der Waals surface area contributed by atoms with Gasteiger partial charge in [0, 0.05) is 19.6 Å². The summed E-state index contributed by atoms with van der Waals surface area (Å²) in [6.45, 7) is 3.23. The lowest BCUT2D eigenvalue weighted by molar-refractivity contribution is -0.146. The van der Waals surface area contributed by atoms with E-state index < -0.39 is 10.2 Å². The van der Waals surface area contributed by atoms with E-state index in [1.165, 1.54) is 11.4 Å². The van der Waals surface area contributed by atoms with Gasteiger partial charge >= 0.3 is 5.97 Å². The van der Waals surface area contributed by atoms with E-state index in [2.05, 4.69) is 10.0 Å². The van der Waals surface area contributed by atoms with Gasteiger partial charge in [-0.25, -0.2) is 4.72 Å². The molecule has 2 fully saturated rings. The molecule has 2 rings (SSSR count). The van der Waals surface area contributed by atoms with E-state index in [4.69, 9.17) is 4.74 Å². The lowest BCUT2D eigenvalue weighted by Crippen LogP contribution is -2.46. The Morgan fingerprint density at radius 3 is 2.62 bits per heavy atom. The molecule has 21 heavy (non-hydrogen) atoms. The summed E-state index contributed by atoms with van der Waals surface area (Å²) in [6, 6.07) is 0. The van der Waals surface area contributed by atoms with Gasteiger partial charge in [0.1, 0.15) is 0 Å². The summed E-state index contributed by atoms with van der Waals surface area (Å²) in [6.07, 6.45) is 3.04. The molecule has 2 aliphatic heterocycles. The zero-order valence-corrected chi connectivity index (χ0v) is 13.3. The Balaban J connectivity index is 1.74. The van der Waals surface area contributed by atoms with E-state index in [-0.39, 0.29) is 11.9 Å². The first kappa shape index (κ1) is 16.7. The highest BCUT2D eigenvalue weighted by molar-refractivity contribution is 7.87. The summed E-state index contributed by atoms with van der Waals surface area (Å²) < 4.78 is 33.2. The highest BCUT2D eigenvalue weighted by atomic mass is 32.2. The Bertz CT molecular complexity index is 440. The number of piperidine rings is 1. The van der Waals surface area contributed by atoms with Gasteiger partial charge in [0.25, 0.3) is 10.2 Å². The van der Waals surface area contributed by atoms with Crippen LogP contribution in [0.15, 0.2) is 0 Å². The van der Waals surface area contributed by atoms with Crippen molar-refractivity contribution in [2.45, 2.75) is 25.7 Å². The summed E-state index contributed by atoms with van der Waals surface area (Å²) in [5.74, 6) is 0.150. The number of hydrogen-bond donors (Lipinski definition) is 2. The molecule has 1 unspecified atom stereocenters. The van der Waals surface area contributed by atoms with Gasteiger partial charge in [-0.05, 0) is 44.7 Å². The Morgan fingerprint density at radius 1 is 1.33 bits per heavy atom. The van der Waals surface area contributed by atoms with Gasteiger partial charge in [0.2, 0.25) is 0 Å². The second-order valence-corrected chi connectivity index (χ2v) is 7.50. The minimum Gasteiger partial charge on any atom is -0.469 e. The van der Waals surface area contributed by atoms with Crippen molar-refractivity contribution in [2.75, 3.05) is 39.8 Å². The Kier molecular flexibility index (Phi) is 5.98. The lowest BCUT2D eigenvalue weighted by atomic mass is 9.99. The summed E-state index contributed by atoms with van der Waals surface area (Å²) in [5.41, 5.74) is 0. The van der Waals surface area contributed by atoms with E-state index in [9.17, 15) is 13.2 Å². The first-order valence-electron chi connectivity index (χ1n) is 7.56. The lowest BCUT2D eigenvalue weighted by Gasteiger charge is -2.29. The van der Waals surface area contributed by atoms with E-state index >= 15 is 0 Å². The SMILES string of the molecule is COC(=O)C1CCN(S(=O)(=O)NCCC2CCNC2)CC1. The third-order valence-electron chi connectivity index (χ3n) is 4.33. The van der Waals surface area contributed by atoms with E-state index in [1.807, 2.05) is 0 Å². The second-order valence-electron chi connectivity index (χ2n) is 5.74. The highest BCUT2D eigenvalue weighted by Gasteiger charge is 2.31. The van der Waals surface area contributed by atoms with Crippen molar-refractivity contribution in [2.24, 2.45) is 11.8 Å². The van der Waals surface area contributed by atoms with E-state index in [1.54, 1.807) is 0 Å². The Hall–Kier alpha value is -0.700. The predicted octanol–water partition coefficient (Wildman–Crippen LogP) is -0.295. The molecular weight excluding hydrogens is 294 g/mol. The number of carbonyl (C=O) groups excluding carboxylic acids is 1. The van der Waals surface area contributed by atoms with E-state index in [0.717, 1.165) is 25.9 Å². The monoisotopic (exact) mass is 319 g/mol. The third kappa shape index (κ3) is 4.64. The number of ether oxygens (including phenoxy) is 1. The highest BCUT2D eigenvalue weighted by Crippen LogP contribution is 2.20. The standard InChI is InChI=1S/C13H25N3O4S/c1-20-13(17)12-4-8-16(9-5-12)21(18,19)15-7-3-11-2-6-14-10-11/h11-12,14-15H,2-10H2,1H3. The molecule has 2 saturated heterocycles. The summed E-state index contributed by atoms with van der Waals surface area (Å²) in [7, 11) is -2.05. The number of rotatable bonds is 6. The predicted molar refractivity (Wildman–Crippen MR) is 78.8 cm³/mol. The van der Waals surface area contributed by atoms with Crippen LogP contribution in [-0.2, 0) is 19.7 Å². The number of hydrogen-bond acceptors (Lipinski definition) is 5. The Morgan fingerprint density at radius 2 is 2.05 bits per heavy atom. The first-order valence-corrected chi connectivity index (χ1v) is 9.00. The van der Waals surface area contributed by atoms with Gasteiger partial charge in [-0.3, -0.25) is 4.79 Å². The molecule has 0 aromatic heterocycles. The largest absolute Gasteiger partial charge is 0.469 e. The normalized spacial score (nSPS) is 25.1. The molecule has 2 N–H and O–H groups in total. The van der Waals surface area contributed by atoms with Gasteiger partial charge < -0.3 is 10.1 Å². The third-order valence-corrected chi connectivity index (χ3v) is 5.94. The van der Waals surface area contributed by atoms with Crippen LogP contribution in [-0.4, -0.2) is 58.5 Å². The molecule has 0 amide bonds.